The van der Waals surface area contributed by atoms with Crippen molar-refractivity contribution in [3.8, 4) is 0 Å². The molecule has 0 aromatic rings. The zero-order valence-corrected chi connectivity index (χ0v) is 12.5. The van der Waals surface area contributed by atoms with E-state index >= 15 is 0 Å². The van der Waals surface area contributed by atoms with Gasteiger partial charge in [0.15, 0.2) is 0 Å². The maximum atomic E-state index is 12.4. The Bertz CT molecular complexity index is 351. The summed E-state index contributed by atoms with van der Waals surface area (Å²) in [7, 11) is 0. The molecular weight excluding hydrogens is 248 g/mol. The lowest BCUT2D eigenvalue weighted by atomic mass is 9.49. The normalized spacial score (nSPS) is 45.8. The van der Waals surface area contributed by atoms with Crippen LogP contribution in [0.3, 0.4) is 0 Å². The lowest BCUT2D eigenvalue weighted by Crippen LogP contribution is -2.48. The number of carbonyl (C=O) groups excluding carboxylic acids is 1. The second kappa shape index (κ2) is 5.01. The fourth-order valence-corrected chi connectivity index (χ4v) is 6.06. The van der Waals surface area contributed by atoms with Gasteiger partial charge < -0.3 is 10.6 Å². The van der Waals surface area contributed by atoms with Crippen molar-refractivity contribution in [2.45, 2.75) is 51.4 Å². The smallest absolute Gasteiger partial charge is 0.220 e. The topological polar surface area (TPSA) is 41.1 Å². The summed E-state index contributed by atoms with van der Waals surface area (Å²) in [4.78, 5) is 12.4. The van der Waals surface area contributed by atoms with E-state index in [1.807, 2.05) is 0 Å². The zero-order chi connectivity index (χ0) is 13.6. The van der Waals surface area contributed by atoms with E-state index in [9.17, 15) is 4.79 Å². The van der Waals surface area contributed by atoms with Crippen molar-refractivity contribution in [1.29, 1.82) is 0 Å². The number of hydrogen-bond acceptors (Lipinski definition) is 2. The number of carbonyl (C=O) groups is 1. The van der Waals surface area contributed by atoms with Crippen LogP contribution >= 0.6 is 0 Å². The van der Waals surface area contributed by atoms with Gasteiger partial charge in [-0.2, -0.15) is 0 Å². The van der Waals surface area contributed by atoms with Gasteiger partial charge >= 0.3 is 0 Å². The first-order chi connectivity index (χ1) is 9.71. The van der Waals surface area contributed by atoms with E-state index in [1.54, 1.807) is 0 Å². The minimum atomic E-state index is 0.332. The van der Waals surface area contributed by atoms with Crippen molar-refractivity contribution in [1.82, 2.24) is 10.6 Å². The molecule has 1 amide bonds. The molecule has 0 spiro atoms. The molecule has 0 radical (unpaired) electrons. The number of rotatable bonds is 4. The first-order valence-electron chi connectivity index (χ1n) is 8.68. The van der Waals surface area contributed by atoms with Crippen molar-refractivity contribution >= 4 is 5.91 Å². The van der Waals surface area contributed by atoms with Gasteiger partial charge in [-0.25, -0.2) is 0 Å². The Morgan fingerprint density at radius 2 is 1.75 bits per heavy atom. The van der Waals surface area contributed by atoms with Crippen LogP contribution in [-0.4, -0.2) is 25.5 Å². The number of nitrogens with one attached hydrogen (secondary N) is 2. The summed E-state index contributed by atoms with van der Waals surface area (Å²) in [6.07, 6.45) is 10.5. The largest absolute Gasteiger partial charge is 0.356 e. The minimum absolute atomic E-state index is 0.332. The van der Waals surface area contributed by atoms with E-state index in [2.05, 4.69) is 10.6 Å². The maximum Gasteiger partial charge on any atom is 0.220 e. The van der Waals surface area contributed by atoms with Crippen molar-refractivity contribution < 1.29 is 4.79 Å². The molecule has 20 heavy (non-hydrogen) atoms. The predicted octanol–water partition coefficient (Wildman–Crippen LogP) is 2.32. The molecule has 5 rings (SSSR count). The van der Waals surface area contributed by atoms with Crippen molar-refractivity contribution in [3.05, 3.63) is 0 Å². The molecule has 4 aliphatic carbocycles. The van der Waals surface area contributed by atoms with Gasteiger partial charge in [0.2, 0.25) is 5.91 Å². The van der Waals surface area contributed by atoms with E-state index in [-0.39, 0.29) is 0 Å². The quantitative estimate of drug-likeness (QED) is 0.827. The molecule has 5 fully saturated rings. The molecule has 1 saturated heterocycles. The molecule has 1 aliphatic heterocycles. The van der Waals surface area contributed by atoms with Gasteiger partial charge in [0.05, 0.1) is 0 Å². The van der Waals surface area contributed by atoms with Gasteiger partial charge in [0.25, 0.3) is 0 Å². The summed E-state index contributed by atoms with van der Waals surface area (Å²) < 4.78 is 0. The Morgan fingerprint density at radius 3 is 2.30 bits per heavy atom. The predicted molar refractivity (Wildman–Crippen MR) is 79.2 cm³/mol. The van der Waals surface area contributed by atoms with Crippen LogP contribution in [-0.2, 0) is 4.79 Å². The molecule has 2 N–H and O–H groups in total. The third-order valence-electron chi connectivity index (χ3n) is 6.45. The monoisotopic (exact) mass is 276 g/mol. The third kappa shape index (κ3) is 2.49. The first-order valence-corrected chi connectivity index (χ1v) is 8.68. The first kappa shape index (κ1) is 13.1. The standard InChI is InChI=1S/C17H28N2O/c20-16(19-11-12-1-2-18-10-12)9-17-6-13-3-14(7-17)5-15(4-13)8-17/h12-15,18H,1-11H2,(H,19,20). The lowest BCUT2D eigenvalue weighted by Gasteiger charge is -2.56. The van der Waals surface area contributed by atoms with Crippen LogP contribution in [0.2, 0.25) is 0 Å². The fraction of sp³-hybridized carbons (Fsp3) is 0.941. The second-order valence-electron chi connectivity index (χ2n) is 8.26. The zero-order valence-electron chi connectivity index (χ0n) is 12.5. The SMILES string of the molecule is O=C(CC12CC3CC(CC(C3)C1)C2)NCC1CCNC1. The highest BCUT2D eigenvalue weighted by Crippen LogP contribution is 2.61. The summed E-state index contributed by atoms with van der Waals surface area (Å²) in [5, 5.41) is 6.59. The summed E-state index contributed by atoms with van der Waals surface area (Å²) in [5.41, 5.74) is 0.396. The molecule has 0 aromatic heterocycles. The van der Waals surface area contributed by atoms with Gasteiger partial charge in [-0.1, -0.05) is 0 Å². The van der Waals surface area contributed by atoms with Crippen LogP contribution in [0, 0.1) is 29.1 Å². The molecule has 3 heteroatoms. The number of amides is 1. The van der Waals surface area contributed by atoms with Crippen molar-refractivity contribution in [2.75, 3.05) is 19.6 Å². The molecule has 0 aromatic carbocycles. The highest BCUT2D eigenvalue weighted by atomic mass is 16.1. The van der Waals surface area contributed by atoms with Crippen LogP contribution in [0.4, 0.5) is 0 Å². The Hall–Kier alpha value is -0.570. The highest BCUT2D eigenvalue weighted by molar-refractivity contribution is 5.76. The lowest BCUT2D eigenvalue weighted by molar-refractivity contribution is -0.129. The molecule has 112 valence electrons. The second-order valence-corrected chi connectivity index (χ2v) is 8.26. The molecular formula is C17H28N2O. The molecule has 3 nitrogen and oxygen atoms in total. The van der Waals surface area contributed by atoms with E-state index in [0.29, 0.717) is 17.2 Å². The van der Waals surface area contributed by atoms with Crippen LogP contribution in [0.25, 0.3) is 0 Å². The van der Waals surface area contributed by atoms with Crippen LogP contribution in [0.5, 0.6) is 0 Å². The number of hydrogen-bond donors (Lipinski definition) is 2. The summed E-state index contributed by atoms with van der Waals surface area (Å²) >= 11 is 0. The van der Waals surface area contributed by atoms with E-state index in [1.165, 1.54) is 44.9 Å². The average molecular weight is 276 g/mol. The minimum Gasteiger partial charge on any atom is -0.356 e. The molecule has 1 atom stereocenters. The van der Waals surface area contributed by atoms with E-state index < -0.39 is 0 Å². The molecule has 5 aliphatic rings. The summed E-state index contributed by atoms with van der Waals surface area (Å²) in [5.74, 6) is 3.85. The Morgan fingerprint density at radius 1 is 1.10 bits per heavy atom. The van der Waals surface area contributed by atoms with E-state index in [4.69, 9.17) is 0 Å². The van der Waals surface area contributed by atoms with Gasteiger partial charge in [-0.15, -0.1) is 0 Å². The van der Waals surface area contributed by atoms with Crippen LogP contribution in [0.1, 0.15) is 51.4 Å². The van der Waals surface area contributed by atoms with Gasteiger partial charge in [0, 0.05) is 13.0 Å². The van der Waals surface area contributed by atoms with Gasteiger partial charge in [-0.3, -0.25) is 4.79 Å². The van der Waals surface area contributed by atoms with Gasteiger partial charge in [-0.05, 0) is 87.1 Å². The molecule has 4 bridgehead atoms. The van der Waals surface area contributed by atoms with Gasteiger partial charge in [0.1, 0.15) is 0 Å². The van der Waals surface area contributed by atoms with Crippen molar-refractivity contribution in [3.63, 3.8) is 0 Å². The van der Waals surface area contributed by atoms with Crippen molar-refractivity contribution in [2.24, 2.45) is 29.1 Å². The fourth-order valence-electron chi connectivity index (χ4n) is 6.06. The van der Waals surface area contributed by atoms with Crippen LogP contribution in [0.15, 0.2) is 0 Å². The van der Waals surface area contributed by atoms with Crippen LogP contribution < -0.4 is 10.6 Å². The Balaban J connectivity index is 1.32. The Kier molecular flexibility index (Phi) is 3.29. The summed E-state index contributed by atoms with van der Waals surface area (Å²) in [6, 6.07) is 0. The highest BCUT2D eigenvalue weighted by Gasteiger charge is 2.51. The molecule has 1 unspecified atom stereocenters. The summed E-state index contributed by atoms with van der Waals surface area (Å²) in [6.45, 7) is 3.09. The molecule has 1 heterocycles. The van der Waals surface area contributed by atoms with E-state index in [0.717, 1.165) is 43.8 Å². The average Bonchev–Trinajstić information content (AvgIpc) is 2.87. The third-order valence-corrected chi connectivity index (χ3v) is 6.45. The maximum absolute atomic E-state index is 12.4. The molecule has 4 saturated carbocycles. The Labute approximate surface area is 122 Å².